The molecule has 29 heavy (non-hydrogen) atoms. The number of aliphatic hydroxyl groups is 1. The summed E-state index contributed by atoms with van der Waals surface area (Å²) in [6.07, 6.45) is 0.579. The molecule has 0 saturated carbocycles. The molecule has 1 fully saturated rings. The smallest absolute Gasteiger partial charge is 0.119 e. The van der Waals surface area contributed by atoms with Crippen molar-refractivity contribution in [1.82, 2.24) is 4.90 Å². The SMILES string of the molecule is CCc1ccccc1N1CCN(CC(O)COCCOc2ccc(Br)cc2)CC1. The van der Waals surface area contributed by atoms with Crippen LogP contribution in [0, 0.1) is 0 Å². The van der Waals surface area contributed by atoms with Crippen LogP contribution in [0.1, 0.15) is 12.5 Å². The molecule has 1 unspecified atom stereocenters. The Morgan fingerprint density at radius 1 is 1.00 bits per heavy atom. The topological polar surface area (TPSA) is 45.2 Å². The number of aliphatic hydroxyl groups excluding tert-OH is 1. The minimum atomic E-state index is -0.475. The second-order valence-electron chi connectivity index (χ2n) is 7.30. The average molecular weight is 463 g/mol. The number of β-amino-alcohol motifs (C(OH)–C–C–N with tert-alkyl or cyclic N) is 1. The van der Waals surface area contributed by atoms with E-state index in [1.54, 1.807) is 0 Å². The first-order chi connectivity index (χ1) is 14.2. The van der Waals surface area contributed by atoms with Crippen LogP contribution in [-0.2, 0) is 11.2 Å². The van der Waals surface area contributed by atoms with Crippen molar-refractivity contribution in [3.8, 4) is 5.75 Å². The Balaban J connectivity index is 1.30. The van der Waals surface area contributed by atoms with E-state index in [1.807, 2.05) is 24.3 Å². The Hall–Kier alpha value is -1.60. The van der Waals surface area contributed by atoms with E-state index in [4.69, 9.17) is 9.47 Å². The summed E-state index contributed by atoms with van der Waals surface area (Å²) < 4.78 is 12.2. The number of aryl methyl sites for hydroxylation is 1. The maximum absolute atomic E-state index is 10.3. The molecule has 1 heterocycles. The third kappa shape index (κ3) is 7.00. The average Bonchev–Trinajstić information content (AvgIpc) is 2.75. The van der Waals surface area contributed by atoms with E-state index >= 15 is 0 Å². The van der Waals surface area contributed by atoms with Crippen LogP contribution in [-0.4, -0.2) is 68.7 Å². The van der Waals surface area contributed by atoms with Gasteiger partial charge in [0.2, 0.25) is 0 Å². The van der Waals surface area contributed by atoms with Crippen LogP contribution in [0.2, 0.25) is 0 Å². The molecule has 3 rings (SSSR count). The van der Waals surface area contributed by atoms with Crippen molar-refractivity contribution in [2.75, 3.05) is 57.4 Å². The Morgan fingerprint density at radius 3 is 2.45 bits per heavy atom. The lowest BCUT2D eigenvalue weighted by atomic mass is 10.1. The van der Waals surface area contributed by atoms with E-state index in [-0.39, 0.29) is 0 Å². The molecule has 2 aromatic rings. The molecule has 0 radical (unpaired) electrons. The number of halogens is 1. The highest BCUT2D eigenvalue weighted by Crippen LogP contribution is 2.22. The molecule has 158 valence electrons. The van der Waals surface area contributed by atoms with Gasteiger partial charge >= 0.3 is 0 Å². The molecule has 0 amide bonds. The van der Waals surface area contributed by atoms with Gasteiger partial charge in [-0.3, -0.25) is 4.90 Å². The van der Waals surface area contributed by atoms with E-state index in [0.29, 0.717) is 26.4 Å². The number of hydrogen-bond donors (Lipinski definition) is 1. The van der Waals surface area contributed by atoms with E-state index < -0.39 is 6.10 Å². The van der Waals surface area contributed by atoms with Crippen LogP contribution in [0.5, 0.6) is 5.75 Å². The molecule has 0 aromatic heterocycles. The van der Waals surface area contributed by atoms with Crippen molar-refractivity contribution in [3.05, 3.63) is 58.6 Å². The Bertz CT molecular complexity index is 733. The zero-order valence-electron chi connectivity index (χ0n) is 17.1. The zero-order valence-corrected chi connectivity index (χ0v) is 18.7. The Morgan fingerprint density at radius 2 is 1.72 bits per heavy atom. The first-order valence-corrected chi connectivity index (χ1v) is 11.1. The number of rotatable bonds is 10. The number of nitrogens with zero attached hydrogens (tertiary/aromatic N) is 2. The highest BCUT2D eigenvalue weighted by Gasteiger charge is 2.20. The molecule has 1 saturated heterocycles. The fourth-order valence-electron chi connectivity index (χ4n) is 3.61. The van der Waals surface area contributed by atoms with Crippen molar-refractivity contribution in [1.29, 1.82) is 0 Å². The van der Waals surface area contributed by atoms with Gasteiger partial charge in [-0.25, -0.2) is 0 Å². The number of para-hydroxylation sites is 1. The van der Waals surface area contributed by atoms with Crippen LogP contribution < -0.4 is 9.64 Å². The van der Waals surface area contributed by atoms with Crippen molar-refractivity contribution in [2.24, 2.45) is 0 Å². The predicted octanol–water partition coefficient (Wildman–Crippen LogP) is 3.59. The van der Waals surface area contributed by atoms with Gasteiger partial charge in [0.25, 0.3) is 0 Å². The monoisotopic (exact) mass is 462 g/mol. The van der Waals surface area contributed by atoms with Crippen LogP contribution in [0.4, 0.5) is 5.69 Å². The second-order valence-corrected chi connectivity index (χ2v) is 8.22. The number of ether oxygens (including phenoxy) is 2. The predicted molar refractivity (Wildman–Crippen MR) is 121 cm³/mol. The van der Waals surface area contributed by atoms with Gasteiger partial charge < -0.3 is 19.5 Å². The van der Waals surface area contributed by atoms with Gasteiger partial charge in [0.1, 0.15) is 12.4 Å². The Labute approximate surface area is 182 Å². The van der Waals surface area contributed by atoms with Crippen molar-refractivity contribution >= 4 is 21.6 Å². The minimum Gasteiger partial charge on any atom is -0.491 e. The van der Waals surface area contributed by atoms with Crippen LogP contribution >= 0.6 is 15.9 Å². The lowest BCUT2D eigenvalue weighted by Crippen LogP contribution is -2.49. The summed E-state index contributed by atoms with van der Waals surface area (Å²) in [4.78, 5) is 4.77. The van der Waals surface area contributed by atoms with Gasteiger partial charge in [-0.1, -0.05) is 41.1 Å². The Kier molecular flexibility index (Phi) is 8.80. The molecular weight excluding hydrogens is 432 g/mol. The summed E-state index contributed by atoms with van der Waals surface area (Å²) in [6.45, 7) is 8.04. The third-order valence-corrected chi connectivity index (χ3v) is 5.70. The van der Waals surface area contributed by atoms with E-state index in [0.717, 1.165) is 42.8 Å². The van der Waals surface area contributed by atoms with Crippen LogP contribution in [0.3, 0.4) is 0 Å². The molecule has 6 heteroatoms. The molecule has 2 aromatic carbocycles. The maximum Gasteiger partial charge on any atom is 0.119 e. The van der Waals surface area contributed by atoms with Crippen molar-refractivity contribution in [3.63, 3.8) is 0 Å². The normalized spacial score (nSPS) is 16.0. The maximum atomic E-state index is 10.3. The van der Waals surface area contributed by atoms with Crippen LogP contribution in [0.25, 0.3) is 0 Å². The third-order valence-electron chi connectivity index (χ3n) is 5.17. The summed E-state index contributed by atoms with van der Waals surface area (Å²) in [5, 5.41) is 10.3. The van der Waals surface area contributed by atoms with Crippen LogP contribution in [0.15, 0.2) is 53.0 Å². The van der Waals surface area contributed by atoms with E-state index in [1.165, 1.54) is 11.3 Å². The van der Waals surface area contributed by atoms with Gasteiger partial charge in [-0.15, -0.1) is 0 Å². The number of benzene rings is 2. The zero-order chi connectivity index (χ0) is 20.5. The molecule has 0 bridgehead atoms. The molecule has 1 aliphatic heterocycles. The lowest BCUT2D eigenvalue weighted by molar-refractivity contribution is 0.00718. The number of piperazine rings is 1. The van der Waals surface area contributed by atoms with Crippen molar-refractivity contribution < 1.29 is 14.6 Å². The van der Waals surface area contributed by atoms with Crippen molar-refractivity contribution in [2.45, 2.75) is 19.4 Å². The van der Waals surface area contributed by atoms with Gasteiger partial charge in [0, 0.05) is 42.9 Å². The quantitative estimate of drug-likeness (QED) is 0.546. The summed E-state index contributed by atoms with van der Waals surface area (Å²) in [7, 11) is 0. The minimum absolute atomic E-state index is 0.336. The fraction of sp³-hybridized carbons (Fsp3) is 0.478. The molecule has 0 aliphatic carbocycles. The summed E-state index contributed by atoms with van der Waals surface area (Å²) >= 11 is 3.40. The number of hydrogen-bond acceptors (Lipinski definition) is 5. The largest absolute Gasteiger partial charge is 0.491 e. The first kappa shape index (κ1) is 22.1. The molecule has 1 N–H and O–H groups in total. The van der Waals surface area contributed by atoms with Gasteiger partial charge in [0.05, 0.1) is 19.3 Å². The molecular formula is C23H31BrN2O3. The highest BCUT2D eigenvalue weighted by molar-refractivity contribution is 9.10. The number of anilines is 1. The first-order valence-electron chi connectivity index (χ1n) is 10.3. The molecule has 0 spiro atoms. The fourth-order valence-corrected chi connectivity index (χ4v) is 3.87. The summed E-state index contributed by atoms with van der Waals surface area (Å²) in [5.74, 6) is 0.819. The molecule has 5 nitrogen and oxygen atoms in total. The van der Waals surface area contributed by atoms with Gasteiger partial charge in [0.15, 0.2) is 0 Å². The van der Waals surface area contributed by atoms with Gasteiger partial charge in [-0.05, 0) is 42.3 Å². The molecule has 1 aliphatic rings. The summed E-state index contributed by atoms with van der Waals surface area (Å²) in [5.41, 5.74) is 2.75. The molecule has 1 atom stereocenters. The second kappa shape index (κ2) is 11.6. The standard InChI is InChI=1S/C23H31BrN2O3/c1-2-19-5-3-4-6-23(19)26-13-11-25(12-14-26)17-21(27)18-28-15-16-29-22-9-7-20(24)8-10-22/h3-10,21,27H,2,11-18H2,1H3. The van der Waals surface area contributed by atoms with E-state index in [2.05, 4.69) is 56.9 Å². The highest BCUT2D eigenvalue weighted by atomic mass is 79.9. The summed E-state index contributed by atoms with van der Waals surface area (Å²) in [6, 6.07) is 16.4. The lowest BCUT2D eigenvalue weighted by Gasteiger charge is -2.37. The van der Waals surface area contributed by atoms with Gasteiger partial charge in [-0.2, -0.15) is 0 Å². The van der Waals surface area contributed by atoms with E-state index in [9.17, 15) is 5.11 Å².